The van der Waals surface area contributed by atoms with E-state index in [2.05, 4.69) is 12.5 Å². The Morgan fingerprint density at radius 2 is 2.07 bits per heavy atom. The maximum atomic E-state index is 9.93. The van der Waals surface area contributed by atoms with E-state index in [-0.39, 0.29) is 5.92 Å². The summed E-state index contributed by atoms with van der Waals surface area (Å²) >= 11 is 0. The Hall–Kier alpha value is -1.52. The molecule has 2 atom stereocenters. The highest BCUT2D eigenvalue weighted by molar-refractivity contribution is 5.28. The smallest absolute Gasteiger partial charge is 0.0754 e. The molecular weight excluding hydrogens is 184 g/mol. The minimum atomic E-state index is -0.546. The van der Waals surface area contributed by atoms with Gasteiger partial charge >= 0.3 is 0 Å². The van der Waals surface area contributed by atoms with Crippen molar-refractivity contribution >= 4 is 0 Å². The number of aliphatic hydroxyl groups excluding tert-OH is 1. The Morgan fingerprint density at radius 3 is 2.53 bits per heavy atom. The lowest BCUT2D eigenvalue weighted by Crippen LogP contribution is -2.18. The van der Waals surface area contributed by atoms with Crippen molar-refractivity contribution in [3.8, 4) is 12.3 Å². The second-order valence-electron chi connectivity index (χ2n) is 3.71. The minimum Gasteiger partial charge on any atom is -0.391 e. The first-order valence-electron chi connectivity index (χ1n) is 4.98. The van der Waals surface area contributed by atoms with Gasteiger partial charge in [-0.1, -0.05) is 42.5 Å². The molecule has 1 rings (SSSR count). The summed E-state index contributed by atoms with van der Waals surface area (Å²) in [7, 11) is 0. The van der Waals surface area contributed by atoms with E-state index in [4.69, 9.17) is 6.42 Å². The number of hydrogen-bond acceptors (Lipinski definition) is 1. The van der Waals surface area contributed by atoms with Crippen molar-refractivity contribution in [2.75, 3.05) is 0 Å². The molecule has 0 amide bonds. The van der Waals surface area contributed by atoms with Gasteiger partial charge in [0.15, 0.2) is 0 Å². The average Bonchev–Trinajstić information content (AvgIpc) is 2.19. The monoisotopic (exact) mass is 200 g/mol. The molecule has 1 heteroatoms. The first kappa shape index (κ1) is 11.6. The molecule has 1 aromatic rings. The molecule has 0 saturated heterocycles. The van der Waals surface area contributed by atoms with E-state index >= 15 is 0 Å². The van der Waals surface area contributed by atoms with E-state index in [1.165, 1.54) is 0 Å². The van der Waals surface area contributed by atoms with E-state index in [9.17, 15) is 5.11 Å². The number of benzene rings is 1. The summed E-state index contributed by atoms with van der Waals surface area (Å²) in [5.41, 5.74) is 2.00. The molecule has 0 saturated carbocycles. The molecule has 0 aliphatic heterocycles. The molecule has 1 N–H and O–H groups in total. The molecule has 0 aliphatic carbocycles. The largest absolute Gasteiger partial charge is 0.391 e. The van der Waals surface area contributed by atoms with Crippen LogP contribution in [0.4, 0.5) is 0 Å². The van der Waals surface area contributed by atoms with Crippen LogP contribution in [0, 0.1) is 12.3 Å². The van der Waals surface area contributed by atoms with Crippen molar-refractivity contribution in [2.24, 2.45) is 0 Å². The van der Waals surface area contributed by atoms with Crippen LogP contribution >= 0.6 is 0 Å². The van der Waals surface area contributed by atoms with Crippen LogP contribution in [0.3, 0.4) is 0 Å². The van der Waals surface area contributed by atoms with Gasteiger partial charge in [-0.05, 0) is 12.5 Å². The van der Waals surface area contributed by atoms with Crippen molar-refractivity contribution in [2.45, 2.75) is 25.4 Å². The zero-order valence-corrected chi connectivity index (χ0v) is 8.98. The Morgan fingerprint density at radius 1 is 1.47 bits per heavy atom. The fourth-order valence-corrected chi connectivity index (χ4v) is 1.73. The van der Waals surface area contributed by atoms with E-state index in [0.29, 0.717) is 6.42 Å². The van der Waals surface area contributed by atoms with Gasteiger partial charge in [-0.2, -0.15) is 0 Å². The third kappa shape index (κ3) is 2.97. The normalized spacial score (nSPS) is 13.9. The molecule has 1 nitrogen and oxygen atoms in total. The van der Waals surface area contributed by atoms with E-state index < -0.39 is 6.10 Å². The van der Waals surface area contributed by atoms with Gasteiger partial charge in [-0.15, -0.1) is 12.3 Å². The molecule has 0 spiro atoms. The number of rotatable bonds is 4. The SMILES string of the molecule is C#CC[C@@H](O)[C@@H](C(=C)C)c1ccccc1. The van der Waals surface area contributed by atoms with Gasteiger partial charge in [-0.3, -0.25) is 0 Å². The lowest BCUT2D eigenvalue weighted by molar-refractivity contribution is 0.161. The maximum absolute atomic E-state index is 9.93. The standard InChI is InChI=1S/C14H16O/c1-4-8-13(15)14(11(2)3)12-9-6-5-7-10-12/h1,5-7,9-10,13-15H,2,8H2,3H3/t13-,14+/m1/s1. The second-order valence-corrected chi connectivity index (χ2v) is 3.71. The van der Waals surface area contributed by atoms with Crippen LogP contribution in [-0.2, 0) is 0 Å². The molecule has 0 heterocycles. The molecule has 0 aliphatic rings. The van der Waals surface area contributed by atoms with Crippen molar-refractivity contribution in [3.63, 3.8) is 0 Å². The molecule has 1 aromatic carbocycles. The van der Waals surface area contributed by atoms with E-state index in [1.54, 1.807) is 0 Å². The van der Waals surface area contributed by atoms with Crippen LogP contribution < -0.4 is 0 Å². The summed E-state index contributed by atoms with van der Waals surface area (Å²) in [6, 6.07) is 9.83. The van der Waals surface area contributed by atoms with Crippen LogP contribution in [0.1, 0.15) is 24.8 Å². The number of hydrogen-bond donors (Lipinski definition) is 1. The molecule has 78 valence electrons. The fraction of sp³-hybridized carbons (Fsp3) is 0.286. The molecule has 0 unspecified atom stereocenters. The molecule has 0 fully saturated rings. The van der Waals surface area contributed by atoms with Crippen LogP contribution in [0.5, 0.6) is 0 Å². The first-order valence-corrected chi connectivity index (χ1v) is 4.98. The quantitative estimate of drug-likeness (QED) is 0.585. The van der Waals surface area contributed by atoms with E-state index in [1.807, 2.05) is 37.3 Å². The number of aliphatic hydroxyl groups is 1. The molecule has 15 heavy (non-hydrogen) atoms. The van der Waals surface area contributed by atoms with Crippen molar-refractivity contribution in [3.05, 3.63) is 48.0 Å². The third-order valence-corrected chi connectivity index (χ3v) is 2.40. The highest BCUT2D eigenvalue weighted by Crippen LogP contribution is 2.27. The lowest BCUT2D eigenvalue weighted by Gasteiger charge is -2.22. The summed E-state index contributed by atoms with van der Waals surface area (Å²) in [5, 5.41) is 9.93. The fourth-order valence-electron chi connectivity index (χ4n) is 1.73. The van der Waals surface area contributed by atoms with Crippen LogP contribution in [-0.4, -0.2) is 11.2 Å². The highest BCUT2D eigenvalue weighted by atomic mass is 16.3. The Bertz CT molecular complexity index is 359. The molecule has 0 aromatic heterocycles. The summed E-state index contributed by atoms with van der Waals surface area (Å²) in [6.07, 6.45) is 5.01. The van der Waals surface area contributed by atoms with Gasteiger partial charge in [-0.25, -0.2) is 0 Å². The van der Waals surface area contributed by atoms with Gasteiger partial charge in [0.1, 0.15) is 0 Å². The van der Waals surface area contributed by atoms with Gasteiger partial charge in [0, 0.05) is 12.3 Å². The Kier molecular flexibility index (Phi) is 4.15. The lowest BCUT2D eigenvalue weighted by atomic mass is 9.86. The molecule has 0 radical (unpaired) electrons. The van der Waals surface area contributed by atoms with Gasteiger partial charge in [0.05, 0.1) is 6.10 Å². The molecule has 0 bridgehead atoms. The minimum absolute atomic E-state index is 0.0674. The predicted octanol–water partition coefficient (Wildman–Crippen LogP) is 2.73. The zero-order valence-electron chi connectivity index (χ0n) is 8.98. The highest BCUT2D eigenvalue weighted by Gasteiger charge is 2.20. The van der Waals surface area contributed by atoms with Crippen molar-refractivity contribution in [1.82, 2.24) is 0 Å². The van der Waals surface area contributed by atoms with Gasteiger partial charge in [0.2, 0.25) is 0 Å². The maximum Gasteiger partial charge on any atom is 0.0754 e. The summed E-state index contributed by atoms with van der Waals surface area (Å²) in [6.45, 7) is 5.82. The third-order valence-electron chi connectivity index (χ3n) is 2.40. The zero-order chi connectivity index (χ0) is 11.3. The van der Waals surface area contributed by atoms with Crippen LogP contribution in [0.2, 0.25) is 0 Å². The molecular formula is C14H16O. The predicted molar refractivity (Wildman–Crippen MR) is 63.5 cm³/mol. The van der Waals surface area contributed by atoms with E-state index in [0.717, 1.165) is 11.1 Å². The first-order chi connectivity index (χ1) is 7.16. The van der Waals surface area contributed by atoms with Gasteiger partial charge in [0.25, 0.3) is 0 Å². The summed E-state index contributed by atoms with van der Waals surface area (Å²) < 4.78 is 0. The second kappa shape index (κ2) is 5.38. The van der Waals surface area contributed by atoms with Crippen molar-refractivity contribution in [1.29, 1.82) is 0 Å². The van der Waals surface area contributed by atoms with Crippen LogP contribution in [0.25, 0.3) is 0 Å². The summed E-state index contributed by atoms with van der Waals surface area (Å²) in [5.74, 6) is 2.41. The topological polar surface area (TPSA) is 20.2 Å². The van der Waals surface area contributed by atoms with Gasteiger partial charge < -0.3 is 5.11 Å². The average molecular weight is 200 g/mol. The Labute approximate surface area is 91.5 Å². The van der Waals surface area contributed by atoms with Crippen LogP contribution in [0.15, 0.2) is 42.5 Å². The van der Waals surface area contributed by atoms with Crippen molar-refractivity contribution < 1.29 is 5.11 Å². The summed E-state index contributed by atoms with van der Waals surface area (Å²) in [4.78, 5) is 0. The Balaban J connectivity index is 2.94. The number of terminal acetylenes is 1.